The van der Waals surface area contributed by atoms with E-state index in [0.717, 1.165) is 0 Å². The minimum absolute atomic E-state index is 0.0229. The number of hydrogen-bond donors (Lipinski definition) is 2. The van der Waals surface area contributed by atoms with Crippen molar-refractivity contribution in [1.29, 1.82) is 0 Å². The van der Waals surface area contributed by atoms with Gasteiger partial charge < -0.3 is 14.8 Å². The van der Waals surface area contributed by atoms with Gasteiger partial charge in [-0.2, -0.15) is 0 Å². The number of aliphatic hydroxyl groups excluding tert-OH is 1. The Hall–Kier alpha value is -0.810. The minimum Gasteiger partial charge on any atom is -0.444 e. The zero-order valence-electron chi connectivity index (χ0n) is 8.71. The Kier molecular flexibility index (Phi) is 3.93. The highest BCUT2D eigenvalue weighted by molar-refractivity contribution is 9.10. The van der Waals surface area contributed by atoms with Gasteiger partial charge in [-0.15, -0.1) is 0 Å². The number of amides is 1. The first-order valence-corrected chi connectivity index (χ1v) is 5.38. The summed E-state index contributed by atoms with van der Waals surface area (Å²) >= 11 is 3.12. The number of furan rings is 1. The lowest BCUT2D eigenvalue weighted by Gasteiger charge is -2.21. The van der Waals surface area contributed by atoms with Crippen LogP contribution in [0.25, 0.3) is 0 Å². The third kappa shape index (κ3) is 3.68. The molecule has 0 unspecified atom stereocenters. The molecular formula is C10H14BrNO3. The Morgan fingerprint density at radius 3 is 2.73 bits per heavy atom. The molecule has 0 aliphatic heterocycles. The van der Waals surface area contributed by atoms with E-state index in [1.54, 1.807) is 12.1 Å². The highest BCUT2D eigenvalue weighted by Crippen LogP contribution is 2.15. The lowest BCUT2D eigenvalue weighted by Crippen LogP contribution is -2.35. The molecular weight excluding hydrogens is 262 g/mol. The van der Waals surface area contributed by atoms with Gasteiger partial charge in [0.1, 0.15) is 0 Å². The minimum atomic E-state index is -0.320. The number of halogens is 1. The summed E-state index contributed by atoms with van der Waals surface area (Å²) in [5, 5.41) is 11.7. The molecule has 0 spiro atoms. The largest absolute Gasteiger partial charge is 0.444 e. The lowest BCUT2D eigenvalue weighted by molar-refractivity contribution is 0.0882. The molecule has 1 aromatic rings. The van der Waals surface area contributed by atoms with Crippen molar-refractivity contribution in [2.24, 2.45) is 5.41 Å². The van der Waals surface area contributed by atoms with E-state index in [0.29, 0.717) is 11.2 Å². The van der Waals surface area contributed by atoms with E-state index >= 15 is 0 Å². The molecule has 1 heterocycles. The van der Waals surface area contributed by atoms with Gasteiger partial charge in [-0.25, -0.2) is 0 Å². The predicted octanol–water partition coefficient (Wildman–Crippen LogP) is 1.79. The molecule has 1 rings (SSSR count). The second kappa shape index (κ2) is 4.81. The Labute approximate surface area is 96.8 Å². The van der Waals surface area contributed by atoms with E-state index in [2.05, 4.69) is 21.2 Å². The molecule has 0 aliphatic carbocycles. The summed E-state index contributed by atoms with van der Waals surface area (Å²) in [6, 6.07) is 3.25. The van der Waals surface area contributed by atoms with Crippen molar-refractivity contribution in [1.82, 2.24) is 5.32 Å². The monoisotopic (exact) mass is 275 g/mol. The van der Waals surface area contributed by atoms with Crippen LogP contribution in [0, 0.1) is 5.41 Å². The molecule has 4 nitrogen and oxygen atoms in total. The molecule has 1 amide bonds. The average Bonchev–Trinajstić information content (AvgIpc) is 2.61. The molecule has 0 atom stereocenters. The van der Waals surface area contributed by atoms with Crippen molar-refractivity contribution in [3.63, 3.8) is 0 Å². The highest BCUT2D eigenvalue weighted by atomic mass is 79.9. The first kappa shape index (κ1) is 12.3. The van der Waals surface area contributed by atoms with Gasteiger partial charge in [0.05, 0.1) is 0 Å². The first-order valence-electron chi connectivity index (χ1n) is 4.59. The van der Waals surface area contributed by atoms with E-state index in [1.165, 1.54) is 0 Å². The van der Waals surface area contributed by atoms with Crippen LogP contribution in [0.5, 0.6) is 0 Å². The van der Waals surface area contributed by atoms with Crippen LogP contribution < -0.4 is 5.32 Å². The summed E-state index contributed by atoms with van der Waals surface area (Å²) in [5.74, 6) is -0.0159. The van der Waals surface area contributed by atoms with Crippen LogP contribution in [-0.4, -0.2) is 24.2 Å². The van der Waals surface area contributed by atoms with Gasteiger partial charge in [-0.1, -0.05) is 13.8 Å². The smallest absolute Gasteiger partial charge is 0.287 e. The summed E-state index contributed by atoms with van der Waals surface area (Å²) in [4.78, 5) is 11.5. The van der Waals surface area contributed by atoms with Gasteiger partial charge in [-0.05, 0) is 28.1 Å². The predicted molar refractivity (Wildman–Crippen MR) is 59.6 cm³/mol. The molecule has 15 heavy (non-hydrogen) atoms. The van der Waals surface area contributed by atoms with Crippen molar-refractivity contribution in [2.75, 3.05) is 13.2 Å². The van der Waals surface area contributed by atoms with Crippen LogP contribution in [0.15, 0.2) is 21.2 Å². The van der Waals surface area contributed by atoms with Gasteiger partial charge in [0.15, 0.2) is 10.4 Å². The second-order valence-corrected chi connectivity index (χ2v) is 4.89. The Morgan fingerprint density at radius 2 is 2.27 bits per heavy atom. The summed E-state index contributed by atoms with van der Waals surface area (Å²) in [6.45, 7) is 4.16. The molecule has 2 N–H and O–H groups in total. The fraction of sp³-hybridized carbons (Fsp3) is 0.500. The molecule has 5 heteroatoms. The van der Waals surface area contributed by atoms with Gasteiger partial charge >= 0.3 is 0 Å². The summed E-state index contributed by atoms with van der Waals surface area (Å²) in [5.41, 5.74) is -0.320. The van der Waals surface area contributed by atoms with Gasteiger partial charge in [-0.3, -0.25) is 4.79 Å². The fourth-order valence-corrected chi connectivity index (χ4v) is 1.21. The standard InChI is InChI=1S/C10H14BrNO3/c1-10(2,6-13)5-12-9(14)7-3-4-8(11)15-7/h3-4,13H,5-6H2,1-2H3,(H,12,14). The van der Waals surface area contributed by atoms with Crippen LogP contribution in [0.1, 0.15) is 24.4 Å². The number of carbonyl (C=O) groups is 1. The second-order valence-electron chi connectivity index (χ2n) is 4.11. The number of rotatable bonds is 4. The zero-order chi connectivity index (χ0) is 11.5. The molecule has 0 aliphatic rings. The zero-order valence-corrected chi connectivity index (χ0v) is 10.3. The SMILES string of the molecule is CC(C)(CO)CNC(=O)c1ccc(Br)o1. The normalized spacial score (nSPS) is 11.5. The molecule has 0 saturated carbocycles. The van der Waals surface area contributed by atoms with Gasteiger partial charge in [0.25, 0.3) is 5.91 Å². The fourth-order valence-electron chi connectivity index (χ4n) is 0.899. The molecule has 0 aromatic carbocycles. The van der Waals surface area contributed by atoms with E-state index in [-0.39, 0.29) is 23.7 Å². The van der Waals surface area contributed by atoms with Crippen molar-refractivity contribution < 1.29 is 14.3 Å². The Morgan fingerprint density at radius 1 is 1.60 bits per heavy atom. The lowest BCUT2D eigenvalue weighted by atomic mass is 9.95. The van der Waals surface area contributed by atoms with E-state index in [1.807, 2.05) is 13.8 Å². The topological polar surface area (TPSA) is 62.5 Å². The molecule has 0 fully saturated rings. The van der Waals surface area contributed by atoms with Crippen molar-refractivity contribution in [3.05, 3.63) is 22.6 Å². The Bertz CT molecular complexity index is 346. The maximum Gasteiger partial charge on any atom is 0.287 e. The Balaban J connectivity index is 2.50. The number of aliphatic hydroxyl groups is 1. The number of carbonyl (C=O) groups excluding carboxylic acids is 1. The van der Waals surface area contributed by atoms with Gasteiger partial charge in [0, 0.05) is 18.6 Å². The van der Waals surface area contributed by atoms with Crippen molar-refractivity contribution in [3.8, 4) is 0 Å². The quantitative estimate of drug-likeness (QED) is 0.881. The van der Waals surface area contributed by atoms with Crippen LogP contribution in [0.2, 0.25) is 0 Å². The first-order chi connectivity index (χ1) is 6.94. The summed E-state index contributed by atoms with van der Waals surface area (Å²) in [7, 11) is 0. The number of hydrogen-bond acceptors (Lipinski definition) is 3. The third-order valence-electron chi connectivity index (χ3n) is 1.95. The third-order valence-corrected chi connectivity index (χ3v) is 2.38. The maximum absolute atomic E-state index is 11.5. The van der Waals surface area contributed by atoms with Crippen LogP contribution >= 0.6 is 15.9 Å². The van der Waals surface area contributed by atoms with Gasteiger partial charge in [0.2, 0.25) is 0 Å². The highest BCUT2D eigenvalue weighted by Gasteiger charge is 2.19. The molecule has 0 saturated heterocycles. The van der Waals surface area contributed by atoms with Crippen LogP contribution in [-0.2, 0) is 0 Å². The van der Waals surface area contributed by atoms with E-state index in [9.17, 15) is 4.79 Å². The molecule has 84 valence electrons. The summed E-state index contributed by atoms with van der Waals surface area (Å²) in [6.07, 6.45) is 0. The molecule has 0 radical (unpaired) electrons. The van der Waals surface area contributed by atoms with Crippen molar-refractivity contribution >= 4 is 21.8 Å². The molecule has 1 aromatic heterocycles. The van der Waals surface area contributed by atoms with Crippen LogP contribution in [0.4, 0.5) is 0 Å². The average molecular weight is 276 g/mol. The van der Waals surface area contributed by atoms with Crippen LogP contribution in [0.3, 0.4) is 0 Å². The van der Waals surface area contributed by atoms with E-state index < -0.39 is 0 Å². The maximum atomic E-state index is 11.5. The number of nitrogens with one attached hydrogen (secondary N) is 1. The van der Waals surface area contributed by atoms with E-state index in [4.69, 9.17) is 9.52 Å². The van der Waals surface area contributed by atoms with Crippen molar-refractivity contribution in [2.45, 2.75) is 13.8 Å². The summed E-state index contributed by atoms with van der Waals surface area (Å²) < 4.78 is 5.61. The molecule has 0 bridgehead atoms.